The van der Waals surface area contributed by atoms with Crippen LogP contribution in [0.5, 0.6) is 0 Å². The number of carbonyl (C=O) groups excluding carboxylic acids is 1. The average Bonchev–Trinajstić information content (AvgIpc) is 2.47. The average molecular weight is 267 g/mol. The second kappa shape index (κ2) is 5.63. The summed E-state index contributed by atoms with van der Waals surface area (Å²) in [6.07, 6.45) is 0. The largest absolute Gasteiger partial charge is 0.477 e. The number of rotatable bonds is 3. The highest BCUT2D eigenvalue weighted by Gasteiger charge is 2.10. The number of aromatic nitrogens is 1. The number of hydrogen-bond donors (Lipinski definition) is 2. The second-order valence-corrected chi connectivity index (χ2v) is 3.86. The number of carboxylic acids is 1. The van der Waals surface area contributed by atoms with Gasteiger partial charge >= 0.3 is 5.97 Å². The van der Waals surface area contributed by atoms with Gasteiger partial charge < -0.3 is 10.4 Å². The molecule has 2 aromatic rings. The molecular weight excluding hydrogens is 258 g/mol. The molecule has 1 aromatic heterocycles. The molecule has 0 aliphatic carbocycles. The summed E-state index contributed by atoms with van der Waals surface area (Å²) in [5, 5.41) is 20.1. The van der Waals surface area contributed by atoms with Gasteiger partial charge in [0.25, 0.3) is 5.91 Å². The Morgan fingerprint density at radius 3 is 2.65 bits per heavy atom. The van der Waals surface area contributed by atoms with Gasteiger partial charge in [0.1, 0.15) is 5.82 Å². The van der Waals surface area contributed by atoms with E-state index in [0.29, 0.717) is 11.1 Å². The van der Waals surface area contributed by atoms with Gasteiger partial charge in [-0.15, -0.1) is 0 Å². The lowest BCUT2D eigenvalue weighted by Gasteiger charge is -2.05. The lowest BCUT2D eigenvalue weighted by Crippen LogP contribution is -2.14. The smallest absolute Gasteiger partial charge is 0.354 e. The van der Waals surface area contributed by atoms with Crippen molar-refractivity contribution in [2.45, 2.75) is 0 Å². The third-order valence-electron chi connectivity index (χ3n) is 2.46. The first-order valence-electron chi connectivity index (χ1n) is 5.62. The quantitative estimate of drug-likeness (QED) is 0.884. The van der Waals surface area contributed by atoms with Crippen molar-refractivity contribution in [3.8, 4) is 6.07 Å². The van der Waals surface area contributed by atoms with Crippen molar-refractivity contribution in [2.75, 3.05) is 5.32 Å². The van der Waals surface area contributed by atoms with E-state index in [0.717, 1.165) is 0 Å². The maximum Gasteiger partial charge on any atom is 0.354 e. The van der Waals surface area contributed by atoms with Crippen LogP contribution in [0.1, 0.15) is 26.4 Å². The van der Waals surface area contributed by atoms with Gasteiger partial charge in [0, 0.05) is 5.56 Å². The monoisotopic (exact) mass is 267 g/mol. The summed E-state index contributed by atoms with van der Waals surface area (Å²) in [6, 6.07) is 12.4. The molecule has 2 N–H and O–H groups in total. The van der Waals surface area contributed by atoms with Crippen LogP contribution in [0.4, 0.5) is 5.82 Å². The zero-order valence-corrected chi connectivity index (χ0v) is 10.2. The van der Waals surface area contributed by atoms with Gasteiger partial charge in [-0.25, -0.2) is 9.78 Å². The Morgan fingerprint density at radius 2 is 1.95 bits per heavy atom. The highest BCUT2D eigenvalue weighted by molar-refractivity contribution is 6.04. The van der Waals surface area contributed by atoms with E-state index >= 15 is 0 Å². The van der Waals surface area contributed by atoms with Crippen molar-refractivity contribution in [1.82, 2.24) is 4.98 Å². The van der Waals surface area contributed by atoms with Gasteiger partial charge in [-0.3, -0.25) is 4.79 Å². The van der Waals surface area contributed by atoms with Crippen molar-refractivity contribution in [2.24, 2.45) is 0 Å². The number of carbonyl (C=O) groups is 2. The van der Waals surface area contributed by atoms with Gasteiger partial charge in [-0.2, -0.15) is 5.26 Å². The maximum atomic E-state index is 12.0. The first kappa shape index (κ1) is 13.2. The van der Waals surface area contributed by atoms with Crippen LogP contribution in [0.3, 0.4) is 0 Å². The van der Waals surface area contributed by atoms with Crippen LogP contribution < -0.4 is 5.32 Å². The summed E-state index contributed by atoms with van der Waals surface area (Å²) in [5.41, 5.74) is 0.505. The molecule has 0 unspecified atom stereocenters. The first-order valence-corrected chi connectivity index (χ1v) is 5.62. The van der Waals surface area contributed by atoms with Gasteiger partial charge in [-0.1, -0.05) is 12.1 Å². The molecule has 0 saturated carbocycles. The summed E-state index contributed by atoms with van der Waals surface area (Å²) >= 11 is 0. The SMILES string of the molecule is N#Cc1cccc(C(=O)Nc2cccc(C(=O)O)n2)c1. The fraction of sp³-hybridized carbons (Fsp3) is 0. The zero-order valence-electron chi connectivity index (χ0n) is 10.2. The number of anilines is 1. The van der Waals surface area contributed by atoms with E-state index in [1.54, 1.807) is 18.2 Å². The number of nitrogens with one attached hydrogen (secondary N) is 1. The normalized spacial score (nSPS) is 9.55. The number of nitrogens with zero attached hydrogens (tertiary/aromatic N) is 2. The predicted molar refractivity (Wildman–Crippen MR) is 70.3 cm³/mol. The van der Waals surface area contributed by atoms with Crippen molar-refractivity contribution in [3.05, 3.63) is 59.3 Å². The van der Waals surface area contributed by atoms with E-state index in [1.807, 2.05) is 6.07 Å². The molecule has 0 bridgehead atoms. The molecule has 0 saturated heterocycles. The molecule has 0 aliphatic heterocycles. The van der Waals surface area contributed by atoms with E-state index in [-0.39, 0.29) is 11.5 Å². The Bertz CT molecular complexity index is 720. The summed E-state index contributed by atoms with van der Waals surface area (Å²) in [7, 11) is 0. The zero-order chi connectivity index (χ0) is 14.5. The van der Waals surface area contributed by atoms with Crippen LogP contribution >= 0.6 is 0 Å². The van der Waals surface area contributed by atoms with Gasteiger partial charge in [0.15, 0.2) is 5.69 Å². The van der Waals surface area contributed by atoms with Gasteiger partial charge in [0.05, 0.1) is 11.6 Å². The van der Waals surface area contributed by atoms with Crippen molar-refractivity contribution >= 4 is 17.7 Å². The first-order chi connectivity index (χ1) is 9.60. The van der Waals surface area contributed by atoms with E-state index in [9.17, 15) is 9.59 Å². The maximum absolute atomic E-state index is 12.0. The molecule has 6 nitrogen and oxygen atoms in total. The van der Waals surface area contributed by atoms with E-state index in [4.69, 9.17) is 10.4 Å². The Labute approximate surface area is 114 Å². The molecule has 0 atom stereocenters. The topological polar surface area (TPSA) is 103 Å². The van der Waals surface area contributed by atoms with E-state index in [1.165, 1.54) is 24.3 Å². The van der Waals surface area contributed by atoms with Crippen LogP contribution in [0.15, 0.2) is 42.5 Å². The van der Waals surface area contributed by atoms with Crippen molar-refractivity contribution in [3.63, 3.8) is 0 Å². The van der Waals surface area contributed by atoms with E-state index < -0.39 is 11.9 Å². The number of benzene rings is 1. The predicted octanol–water partition coefficient (Wildman–Crippen LogP) is 1.90. The Kier molecular flexibility index (Phi) is 3.72. The Hall–Kier alpha value is -3.20. The third-order valence-corrected chi connectivity index (χ3v) is 2.46. The molecule has 20 heavy (non-hydrogen) atoms. The van der Waals surface area contributed by atoms with Crippen molar-refractivity contribution in [1.29, 1.82) is 5.26 Å². The van der Waals surface area contributed by atoms with Gasteiger partial charge in [0.2, 0.25) is 0 Å². The van der Waals surface area contributed by atoms with E-state index in [2.05, 4.69) is 10.3 Å². The second-order valence-electron chi connectivity index (χ2n) is 3.86. The number of pyridine rings is 1. The number of amides is 1. The minimum Gasteiger partial charge on any atom is -0.477 e. The highest BCUT2D eigenvalue weighted by atomic mass is 16.4. The molecule has 0 spiro atoms. The van der Waals surface area contributed by atoms with Crippen LogP contribution in [0, 0.1) is 11.3 Å². The minimum atomic E-state index is -1.17. The van der Waals surface area contributed by atoms with Crippen LogP contribution in [0.2, 0.25) is 0 Å². The molecule has 1 amide bonds. The van der Waals surface area contributed by atoms with Crippen molar-refractivity contribution < 1.29 is 14.7 Å². The summed E-state index contributed by atoms with van der Waals surface area (Å²) in [4.78, 5) is 26.5. The Balaban J connectivity index is 2.21. The molecule has 0 fully saturated rings. The number of carboxylic acid groups (broad SMARTS) is 1. The summed E-state index contributed by atoms with van der Waals surface area (Å²) in [5.74, 6) is -1.50. The molecule has 1 heterocycles. The lowest BCUT2D eigenvalue weighted by molar-refractivity contribution is 0.0690. The molecule has 0 radical (unpaired) electrons. The third kappa shape index (κ3) is 2.97. The molecule has 0 aliphatic rings. The fourth-order valence-corrected chi connectivity index (χ4v) is 1.54. The Morgan fingerprint density at radius 1 is 1.20 bits per heavy atom. The molecule has 6 heteroatoms. The lowest BCUT2D eigenvalue weighted by atomic mass is 10.1. The minimum absolute atomic E-state index is 0.136. The summed E-state index contributed by atoms with van der Waals surface area (Å²) in [6.45, 7) is 0. The molecule has 98 valence electrons. The van der Waals surface area contributed by atoms with Crippen LogP contribution in [-0.4, -0.2) is 22.0 Å². The molecule has 1 aromatic carbocycles. The fourth-order valence-electron chi connectivity index (χ4n) is 1.54. The summed E-state index contributed by atoms with van der Waals surface area (Å²) < 4.78 is 0. The molecular formula is C14H9N3O3. The van der Waals surface area contributed by atoms with Crippen LogP contribution in [0.25, 0.3) is 0 Å². The standard InChI is InChI=1S/C14H9N3O3/c15-8-9-3-1-4-10(7-9)13(18)17-12-6-2-5-11(16-12)14(19)20/h1-7H,(H,19,20)(H,16,17,18). The molecule has 2 rings (SSSR count). The highest BCUT2D eigenvalue weighted by Crippen LogP contribution is 2.09. The number of nitriles is 1. The van der Waals surface area contributed by atoms with Crippen LogP contribution in [-0.2, 0) is 0 Å². The van der Waals surface area contributed by atoms with Gasteiger partial charge in [-0.05, 0) is 30.3 Å². The number of hydrogen-bond acceptors (Lipinski definition) is 4. The number of aromatic carboxylic acids is 1.